The number of nitrogens with two attached hydrogens (primary N) is 1. The number of fused-ring (bicyclic) bond motifs is 5. The van der Waals surface area contributed by atoms with Crippen LogP contribution in [0.15, 0.2) is 48.0 Å². The molecule has 3 aromatic rings. The Kier molecular flexibility index (Phi) is 2.59. The highest BCUT2D eigenvalue weighted by atomic mass is 32.1. The lowest BCUT2D eigenvalue weighted by Crippen LogP contribution is -2.22. The highest BCUT2D eigenvalue weighted by Gasteiger charge is 2.43. The Morgan fingerprint density at radius 3 is 2.79 bits per heavy atom. The van der Waals surface area contributed by atoms with Crippen LogP contribution in [0, 0.1) is 6.92 Å². The van der Waals surface area contributed by atoms with Crippen LogP contribution < -0.4 is 10.5 Å². The molecular weight excluding hydrogens is 320 g/mol. The Hall–Kier alpha value is -2.86. The summed E-state index contributed by atoms with van der Waals surface area (Å²) in [5, 5.41) is 7.85. The topological polar surface area (TPSA) is 68.9 Å². The van der Waals surface area contributed by atoms with E-state index >= 15 is 0 Å². The van der Waals surface area contributed by atoms with Crippen LogP contribution >= 0.6 is 12.2 Å². The molecule has 0 saturated heterocycles. The van der Waals surface area contributed by atoms with Crippen molar-refractivity contribution in [2.45, 2.75) is 12.8 Å². The molecule has 0 amide bonds. The minimum absolute atomic E-state index is 0.0519. The molecule has 0 aliphatic carbocycles. The fraction of sp³-hybridized carbons (Fsp3) is 0.111. The summed E-state index contributed by atoms with van der Waals surface area (Å²) in [7, 11) is 0. The van der Waals surface area contributed by atoms with Crippen LogP contribution in [-0.2, 0) is 0 Å². The number of hydrogen-bond donors (Lipinski definition) is 2. The molecule has 1 aromatic carbocycles. The van der Waals surface area contributed by atoms with Gasteiger partial charge in [-0.15, -0.1) is 5.10 Å². The summed E-state index contributed by atoms with van der Waals surface area (Å²) in [4.78, 5) is 0. The summed E-state index contributed by atoms with van der Waals surface area (Å²) in [5.41, 5.74) is 12.4. The lowest BCUT2D eigenvalue weighted by Gasteiger charge is -2.22. The van der Waals surface area contributed by atoms with Gasteiger partial charge in [-0.25, -0.2) is 0 Å². The molecule has 6 heteroatoms. The van der Waals surface area contributed by atoms with Crippen molar-refractivity contribution in [3.8, 4) is 17.1 Å². The highest BCUT2D eigenvalue weighted by molar-refractivity contribution is 7.80. The smallest absolute Gasteiger partial charge is 0.243 e. The zero-order valence-corrected chi connectivity index (χ0v) is 13.7. The summed E-state index contributed by atoms with van der Waals surface area (Å²) in [6.45, 7) is 2.03. The van der Waals surface area contributed by atoms with Crippen molar-refractivity contribution in [2.24, 2.45) is 5.73 Å². The van der Waals surface area contributed by atoms with Crippen LogP contribution in [0.2, 0.25) is 0 Å². The van der Waals surface area contributed by atoms with E-state index in [-0.39, 0.29) is 5.92 Å². The van der Waals surface area contributed by atoms with Gasteiger partial charge in [-0.3, -0.25) is 5.10 Å². The Morgan fingerprint density at radius 2 is 2.00 bits per heavy atom. The van der Waals surface area contributed by atoms with E-state index in [1.54, 1.807) is 0 Å². The molecule has 5 rings (SSSR count). The molecule has 118 valence electrons. The largest absolute Gasteiger partial charge is 0.425 e. The van der Waals surface area contributed by atoms with Gasteiger partial charge < -0.3 is 15.0 Å². The van der Waals surface area contributed by atoms with Crippen molar-refractivity contribution in [2.75, 3.05) is 0 Å². The van der Waals surface area contributed by atoms with E-state index < -0.39 is 0 Å². The van der Waals surface area contributed by atoms with Crippen LogP contribution in [0.3, 0.4) is 0 Å². The molecule has 0 radical (unpaired) electrons. The molecule has 2 aliphatic rings. The fourth-order valence-corrected chi connectivity index (χ4v) is 3.99. The molecule has 0 fully saturated rings. The van der Waals surface area contributed by atoms with E-state index in [2.05, 4.69) is 22.3 Å². The summed E-state index contributed by atoms with van der Waals surface area (Å²) in [5.74, 6) is 1.13. The van der Waals surface area contributed by atoms with Crippen molar-refractivity contribution < 1.29 is 4.74 Å². The average Bonchev–Trinajstić information content (AvgIpc) is 3.24. The molecule has 1 atom stereocenters. The Balaban J connectivity index is 1.81. The normalized spacial score (nSPS) is 18.2. The highest BCUT2D eigenvalue weighted by Crippen LogP contribution is 2.50. The quantitative estimate of drug-likeness (QED) is 0.671. The number of hydrogen-bond acceptors (Lipinski definition) is 4. The van der Waals surface area contributed by atoms with Crippen molar-refractivity contribution in [3.05, 3.63) is 65.0 Å². The monoisotopic (exact) mass is 334 g/mol. The third-order valence-corrected chi connectivity index (χ3v) is 5.04. The minimum Gasteiger partial charge on any atom is -0.425 e. The van der Waals surface area contributed by atoms with Crippen molar-refractivity contribution in [3.63, 3.8) is 0 Å². The zero-order valence-electron chi connectivity index (χ0n) is 12.9. The second kappa shape index (κ2) is 4.58. The minimum atomic E-state index is -0.0519. The maximum absolute atomic E-state index is 6.40. The van der Waals surface area contributed by atoms with E-state index in [1.165, 1.54) is 0 Å². The van der Waals surface area contributed by atoms with Crippen molar-refractivity contribution >= 4 is 23.1 Å². The van der Waals surface area contributed by atoms with Gasteiger partial charge in [-0.05, 0) is 36.8 Å². The van der Waals surface area contributed by atoms with Crippen molar-refractivity contribution in [1.82, 2.24) is 14.8 Å². The number of aromatic nitrogens is 3. The number of nitrogens with one attached hydrogen (secondary N) is 1. The van der Waals surface area contributed by atoms with Gasteiger partial charge in [0.05, 0.1) is 22.7 Å². The van der Waals surface area contributed by atoms with Gasteiger partial charge in [0.15, 0.2) is 0 Å². The van der Waals surface area contributed by atoms with Crippen LogP contribution in [0.4, 0.5) is 0 Å². The predicted octanol–water partition coefficient (Wildman–Crippen LogP) is 3.18. The van der Waals surface area contributed by atoms with Gasteiger partial charge >= 0.3 is 0 Å². The Bertz CT molecular complexity index is 1030. The molecule has 2 aliphatic heterocycles. The zero-order chi connectivity index (χ0) is 16.4. The Morgan fingerprint density at radius 1 is 1.21 bits per heavy atom. The first-order valence-corrected chi connectivity index (χ1v) is 8.11. The molecule has 4 heterocycles. The first-order valence-electron chi connectivity index (χ1n) is 7.71. The third kappa shape index (κ3) is 1.58. The van der Waals surface area contributed by atoms with E-state index in [9.17, 15) is 0 Å². The van der Waals surface area contributed by atoms with Gasteiger partial charge in [-0.1, -0.05) is 30.3 Å². The number of aryl methyl sites for hydroxylation is 1. The van der Waals surface area contributed by atoms with E-state index in [4.69, 9.17) is 22.7 Å². The first-order chi connectivity index (χ1) is 11.7. The van der Waals surface area contributed by atoms with Crippen LogP contribution in [0.5, 0.6) is 5.88 Å². The molecule has 24 heavy (non-hydrogen) atoms. The summed E-state index contributed by atoms with van der Waals surface area (Å²) in [6, 6.07) is 14.3. The van der Waals surface area contributed by atoms with Crippen LogP contribution in [-0.4, -0.2) is 19.8 Å². The molecule has 2 aromatic heterocycles. The number of ether oxygens (including phenoxy) is 1. The maximum Gasteiger partial charge on any atom is 0.243 e. The van der Waals surface area contributed by atoms with Gasteiger partial charge in [0.1, 0.15) is 5.82 Å². The molecule has 0 saturated carbocycles. The molecule has 3 N–H and O–H groups in total. The SMILES string of the molecule is Cc1ccc2n1C(N)=C1C(=S)Oc3n[nH]c(-c4ccccc4)c3C12. The Labute approximate surface area is 143 Å². The number of rotatable bonds is 1. The van der Waals surface area contributed by atoms with Gasteiger partial charge in [0.25, 0.3) is 0 Å². The third-order valence-electron chi connectivity index (χ3n) is 4.74. The number of nitrogens with zero attached hydrogens (tertiary/aromatic N) is 2. The van der Waals surface area contributed by atoms with Crippen LogP contribution in [0.25, 0.3) is 17.1 Å². The average molecular weight is 334 g/mol. The summed E-state index contributed by atoms with van der Waals surface area (Å²) < 4.78 is 7.84. The fourth-order valence-electron chi connectivity index (χ4n) is 3.69. The van der Waals surface area contributed by atoms with Gasteiger partial charge in [-0.2, -0.15) is 0 Å². The molecule has 1 unspecified atom stereocenters. The maximum atomic E-state index is 6.40. The number of thiocarbonyl (C=S) groups is 1. The second-order valence-corrected chi connectivity index (χ2v) is 6.41. The molecular formula is C18H14N4OS. The first kappa shape index (κ1) is 13.6. The molecule has 0 spiro atoms. The van der Waals surface area contributed by atoms with Crippen LogP contribution in [0.1, 0.15) is 22.9 Å². The number of aromatic amines is 1. The van der Waals surface area contributed by atoms with Gasteiger partial charge in [0.2, 0.25) is 10.9 Å². The van der Waals surface area contributed by atoms with E-state index in [1.807, 2.05) is 41.8 Å². The summed E-state index contributed by atoms with van der Waals surface area (Å²) >= 11 is 5.45. The number of benzene rings is 1. The van der Waals surface area contributed by atoms with E-state index in [0.29, 0.717) is 16.8 Å². The lowest BCUT2D eigenvalue weighted by atomic mass is 9.87. The number of H-pyrrole nitrogens is 1. The van der Waals surface area contributed by atoms with Gasteiger partial charge in [0, 0.05) is 11.4 Å². The molecule has 0 bridgehead atoms. The molecule has 5 nitrogen and oxygen atoms in total. The second-order valence-electron chi connectivity index (χ2n) is 6.04. The van der Waals surface area contributed by atoms with Crippen molar-refractivity contribution in [1.29, 1.82) is 0 Å². The summed E-state index contributed by atoms with van der Waals surface area (Å²) in [6.07, 6.45) is 0. The van der Waals surface area contributed by atoms with E-state index in [0.717, 1.165) is 33.8 Å². The lowest BCUT2D eigenvalue weighted by molar-refractivity contribution is 0.513. The predicted molar refractivity (Wildman–Crippen MR) is 95.7 cm³/mol. The standard InChI is InChI=1S/C18H14N4OS/c1-9-7-8-11-12-13-15(10-5-3-2-4-6-10)20-21-17(13)23-18(24)14(12)16(19)22(9)11/h2-8,12H,19H2,1H3,(H,20,21).